The molecule has 0 saturated carbocycles. The second-order valence-corrected chi connectivity index (χ2v) is 6.38. The highest BCUT2D eigenvalue weighted by atomic mass is 19.3. The lowest BCUT2D eigenvalue weighted by molar-refractivity contribution is -0.143. The molecule has 1 fully saturated rings. The Labute approximate surface area is 148 Å². The zero-order chi connectivity index (χ0) is 18.8. The fraction of sp³-hybridized carbons (Fsp3) is 0.471. The normalized spacial score (nSPS) is 16.8. The second-order valence-electron chi connectivity index (χ2n) is 6.38. The van der Waals surface area contributed by atoms with Crippen LogP contribution in [-0.2, 0) is 4.79 Å². The van der Waals surface area contributed by atoms with E-state index >= 15 is 0 Å². The lowest BCUT2D eigenvalue weighted by Gasteiger charge is -2.31. The van der Waals surface area contributed by atoms with E-state index in [9.17, 15) is 18.4 Å². The molecule has 2 N–H and O–H groups in total. The highest BCUT2D eigenvalue weighted by Crippen LogP contribution is 2.27. The molecule has 2 amide bonds. The lowest BCUT2D eigenvalue weighted by Crippen LogP contribution is -2.46. The van der Waals surface area contributed by atoms with Crippen LogP contribution < -0.4 is 5.32 Å². The predicted molar refractivity (Wildman–Crippen MR) is 89.9 cm³/mol. The van der Waals surface area contributed by atoms with Crippen molar-refractivity contribution in [3.63, 3.8) is 0 Å². The first-order chi connectivity index (χ1) is 12.4. The SMILES string of the molecule is CC(NC(=O)N1CCC(C(=O)O)CC1)c1nc2ccccc2n1C(F)F. The standard InChI is InChI=1S/C17H20F2N4O3/c1-10(20-17(26)22-8-6-11(7-9-22)15(24)25)14-21-12-4-2-3-5-13(12)23(14)16(18)19/h2-5,10-11,16H,6-9H2,1H3,(H,20,26)(H,24,25). The summed E-state index contributed by atoms with van der Waals surface area (Å²) in [6, 6.07) is 5.44. The van der Waals surface area contributed by atoms with Crippen LogP contribution >= 0.6 is 0 Å². The summed E-state index contributed by atoms with van der Waals surface area (Å²) in [5.74, 6) is -1.22. The van der Waals surface area contributed by atoms with Crippen molar-refractivity contribution >= 4 is 23.0 Å². The number of rotatable bonds is 4. The van der Waals surface area contributed by atoms with E-state index in [0.717, 1.165) is 4.57 Å². The van der Waals surface area contributed by atoms with Gasteiger partial charge in [0.15, 0.2) is 0 Å². The maximum absolute atomic E-state index is 13.5. The predicted octanol–water partition coefficient (Wildman–Crippen LogP) is 3.00. The van der Waals surface area contributed by atoms with Gasteiger partial charge in [0, 0.05) is 13.1 Å². The molecule has 0 bridgehead atoms. The summed E-state index contributed by atoms with van der Waals surface area (Å²) in [5, 5.41) is 11.7. The van der Waals surface area contributed by atoms with E-state index in [2.05, 4.69) is 10.3 Å². The number of likely N-dealkylation sites (tertiary alicyclic amines) is 1. The van der Waals surface area contributed by atoms with Crippen LogP contribution in [0, 0.1) is 5.92 Å². The number of aromatic nitrogens is 2. The summed E-state index contributed by atoms with van der Waals surface area (Å²) >= 11 is 0. The first-order valence-corrected chi connectivity index (χ1v) is 8.41. The largest absolute Gasteiger partial charge is 0.481 e. The van der Waals surface area contributed by atoms with Crippen molar-refractivity contribution in [1.82, 2.24) is 19.8 Å². The van der Waals surface area contributed by atoms with Gasteiger partial charge in [0.2, 0.25) is 0 Å². The number of nitrogens with one attached hydrogen (secondary N) is 1. The molecule has 1 aromatic carbocycles. The quantitative estimate of drug-likeness (QED) is 0.871. The Hall–Kier alpha value is -2.71. The van der Waals surface area contributed by atoms with E-state index in [-0.39, 0.29) is 5.82 Å². The minimum Gasteiger partial charge on any atom is -0.481 e. The van der Waals surface area contributed by atoms with E-state index in [1.54, 1.807) is 31.2 Å². The molecular formula is C17H20F2N4O3. The average molecular weight is 366 g/mol. The number of imidazole rings is 1. The van der Waals surface area contributed by atoms with Gasteiger partial charge in [-0.3, -0.25) is 9.36 Å². The third-order valence-electron chi connectivity index (χ3n) is 4.68. The van der Waals surface area contributed by atoms with Gasteiger partial charge in [-0.15, -0.1) is 0 Å². The van der Waals surface area contributed by atoms with E-state index in [0.29, 0.717) is 37.0 Å². The first kappa shape index (κ1) is 18.1. The van der Waals surface area contributed by atoms with Crippen molar-refractivity contribution in [2.24, 2.45) is 5.92 Å². The summed E-state index contributed by atoms with van der Waals surface area (Å²) in [5.41, 5.74) is 0.743. The number of halogens is 2. The monoisotopic (exact) mass is 366 g/mol. The van der Waals surface area contributed by atoms with Crippen LogP contribution in [0.4, 0.5) is 13.6 Å². The summed E-state index contributed by atoms with van der Waals surface area (Å²) in [6.07, 6.45) is 0.763. The number of carboxylic acid groups (broad SMARTS) is 1. The number of alkyl halides is 2. The van der Waals surface area contributed by atoms with Crippen molar-refractivity contribution in [2.45, 2.75) is 32.4 Å². The van der Waals surface area contributed by atoms with Gasteiger partial charge in [0.25, 0.3) is 0 Å². The maximum Gasteiger partial charge on any atom is 0.320 e. The van der Waals surface area contributed by atoms with Gasteiger partial charge >= 0.3 is 18.5 Å². The fourth-order valence-corrected chi connectivity index (χ4v) is 3.24. The molecule has 0 aliphatic carbocycles. The van der Waals surface area contributed by atoms with Gasteiger partial charge in [0.05, 0.1) is 23.0 Å². The van der Waals surface area contributed by atoms with Crippen LogP contribution in [0.25, 0.3) is 11.0 Å². The topological polar surface area (TPSA) is 87.5 Å². The summed E-state index contributed by atoms with van der Waals surface area (Å²) in [6.45, 7) is -0.535. The molecule has 3 rings (SSSR count). The third-order valence-corrected chi connectivity index (χ3v) is 4.68. The summed E-state index contributed by atoms with van der Waals surface area (Å²) < 4.78 is 27.8. The molecule has 0 radical (unpaired) electrons. The Morgan fingerprint density at radius 2 is 1.92 bits per heavy atom. The third kappa shape index (κ3) is 3.47. The second kappa shape index (κ2) is 7.27. The van der Waals surface area contributed by atoms with E-state index in [4.69, 9.17) is 5.11 Å². The highest BCUT2D eigenvalue weighted by Gasteiger charge is 2.29. The number of piperidine rings is 1. The van der Waals surface area contributed by atoms with Crippen LogP contribution in [0.1, 0.15) is 38.2 Å². The Morgan fingerprint density at radius 3 is 2.54 bits per heavy atom. The maximum atomic E-state index is 13.5. The molecule has 1 atom stereocenters. The Morgan fingerprint density at radius 1 is 1.27 bits per heavy atom. The number of amides is 2. The molecule has 2 heterocycles. The molecule has 1 aliphatic rings. The van der Waals surface area contributed by atoms with Crippen LogP contribution in [-0.4, -0.2) is 44.6 Å². The number of para-hydroxylation sites is 2. The molecule has 2 aromatic rings. The number of urea groups is 1. The summed E-state index contributed by atoms with van der Waals surface area (Å²) in [7, 11) is 0. The van der Waals surface area contributed by atoms with E-state index in [1.165, 1.54) is 4.90 Å². The Kier molecular flexibility index (Phi) is 5.06. The molecule has 1 aromatic heterocycles. The van der Waals surface area contributed by atoms with Gasteiger partial charge in [-0.25, -0.2) is 9.78 Å². The van der Waals surface area contributed by atoms with Crippen molar-refractivity contribution in [2.75, 3.05) is 13.1 Å². The minimum atomic E-state index is -2.77. The number of nitrogens with zero attached hydrogens (tertiary/aromatic N) is 3. The molecule has 7 nitrogen and oxygen atoms in total. The number of carboxylic acids is 1. The van der Waals surface area contributed by atoms with Crippen LogP contribution in [0.5, 0.6) is 0 Å². The van der Waals surface area contributed by atoms with Crippen molar-refractivity contribution in [3.8, 4) is 0 Å². The molecular weight excluding hydrogens is 346 g/mol. The van der Waals surface area contributed by atoms with Crippen LogP contribution in [0.3, 0.4) is 0 Å². The van der Waals surface area contributed by atoms with Crippen molar-refractivity contribution < 1.29 is 23.5 Å². The molecule has 1 unspecified atom stereocenters. The molecule has 140 valence electrons. The van der Waals surface area contributed by atoms with Crippen LogP contribution in [0.2, 0.25) is 0 Å². The number of hydrogen-bond donors (Lipinski definition) is 2. The number of carbonyl (C=O) groups excluding carboxylic acids is 1. The number of hydrogen-bond acceptors (Lipinski definition) is 3. The Balaban J connectivity index is 1.73. The van der Waals surface area contributed by atoms with Gasteiger partial charge in [-0.2, -0.15) is 8.78 Å². The number of benzene rings is 1. The molecule has 1 saturated heterocycles. The number of aliphatic carboxylic acids is 1. The van der Waals surface area contributed by atoms with Gasteiger partial charge < -0.3 is 15.3 Å². The van der Waals surface area contributed by atoms with E-state index in [1.807, 2.05) is 0 Å². The van der Waals surface area contributed by atoms with Gasteiger partial charge in [0.1, 0.15) is 5.82 Å². The first-order valence-electron chi connectivity index (χ1n) is 8.41. The van der Waals surface area contributed by atoms with Crippen molar-refractivity contribution in [1.29, 1.82) is 0 Å². The Bertz CT molecular complexity index is 815. The minimum absolute atomic E-state index is 0.0787. The smallest absolute Gasteiger partial charge is 0.320 e. The van der Waals surface area contributed by atoms with E-state index < -0.39 is 30.5 Å². The molecule has 1 aliphatic heterocycles. The number of fused-ring (bicyclic) bond motifs is 1. The fourth-order valence-electron chi connectivity index (χ4n) is 3.24. The lowest BCUT2D eigenvalue weighted by atomic mass is 9.97. The van der Waals surface area contributed by atoms with Gasteiger partial charge in [-0.1, -0.05) is 12.1 Å². The zero-order valence-electron chi connectivity index (χ0n) is 14.2. The molecule has 26 heavy (non-hydrogen) atoms. The summed E-state index contributed by atoms with van der Waals surface area (Å²) in [4.78, 5) is 29.1. The van der Waals surface area contributed by atoms with Crippen molar-refractivity contribution in [3.05, 3.63) is 30.1 Å². The highest BCUT2D eigenvalue weighted by molar-refractivity contribution is 5.78. The average Bonchev–Trinajstić information content (AvgIpc) is 3.01. The molecule has 0 spiro atoms. The van der Waals surface area contributed by atoms with Crippen LogP contribution in [0.15, 0.2) is 24.3 Å². The zero-order valence-corrected chi connectivity index (χ0v) is 14.2. The van der Waals surface area contributed by atoms with Gasteiger partial charge in [-0.05, 0) is 31.9 Å². The number of carbonyl (C=O) groups is 2. The molecule has 9 heteroatoms.